The van der Waals surface area contributed by atoms with Crippen LogP contribution in [0.1, 0.15) is 5.56 Å². The standard InChI is InChI=1S/C15H16ClNO3S/c1-21(18,19)14-6-4-12(5-7-14)20-13-3-2-11(8-9-17)15(16)10-13/h2-7,10H,8-9,17H2,1H3. The minimum atomic E-state index is -3.20. The Labute approximate surface area is 129 Å². The van der Waals surface area contributed by atoms with Crippen molar-refractivity contribution in [3.63, 3.8) is 0 Å². The number of sulfone groups is 1. The average molecular weight is 326 g/mol. The topological polar surface area (TPSA) is 69.4 Å². The highest BCUT2D eigenvalue weighted by Gasteiger charge is 2.07. The maximum Gasteiger partial charge on any atom is 0.175 e. The van der Waals surface area contributed by atoms with Crippen molar-refractivity contribution in [3.05, 3.63) is 53.1 Å². The lowest BCUT2D eigenvalue weighted by Crippen LogP contribution is -2.03. The monoisotopic (exact) mass is 325 g/mol. The van der Waals surface area contributed by atoms with Gasteiger partial charge < -0.3 is 10.5 Å². The van der Waals surface area contributed by atoms with Gasteiger partial charge in [0.05, 0.1) is 4.90 Å². The molecule has 2 rings (SSSR count). The molecule has 0 radical (unpaired) electrons. The second kappa shape index (κ2) is 6.47. The molecule has 21 heavy (non-hydrogen) atoms. The predicted octanol–water partition coefficient (Wildman–Crippen LogP) is 3.04. The highest BCUT2D eigenvalue weighted by molar-refractivity contribution is 7.90. The van der Waals surface area contributed by atoms with Crippen molar-refractivity contribution in [2.45, 2.75) is 11.3 Å². The average Bonchev–Trinajstić information content (AvgIpc) is 2.42. The van der Waals surface area contributed by atoms with Crippen LogP contribution in [0.3, 0.4) is 0 Å². The van der Waals surface area contributed by atoms with Gasteiger partial charge in [-0.2, -0.15) is 0 Å². The van der Waals surface area contributed by atoms with E-state index in [0.717, 1.165) is 5.56 Å². The molecule has 0 spiro atoms. The predicted molar refractivity (Wildman–Crippen MR) is 83.8 cm³/mol. The van der Waals surface area contributed by atoms with Crippen LogP contribution < -0.4 is 10.5 Å². The minimum Gasteiger partial charge on any atom is -0.457 e. The van der Waals surface area contributed by atoms with Gasteiger partial charge in [0.15, 0.2) is 9.84 Å². The van der Waals surface area contributed by atoms with Gasteiger partial charge in [-0.3, -0.25) is 0 Å². The molecule has 0 saturated carbocycles. The SMILES string of the molecule is CS(=O)(=O)c1ccc(Oc2ccc(CCN)c(Cl)c2)cc1. The van der Waals surface area contributed by atoms with Gasteiger partial charge in [0.1, 0.15) is 11.5 Å². The van der Waals surface area contributed by atoms with Gasteiger partial charge in [0.2, 0.25) is 0 Å². The van der Waals surface area contributed by atoms with Crippen LogP contribution in [-0.2, 0) is 16.3 Å². The van der Waals surface area contributed by atoms with Crippen LogP contribution in [0.15, 0.2) is 47.4 Å². The maximum absolute atomic E-state index is 11.4. The van der Waals surface area contributed by atoms with Gasteiger partial charge in [0.25, 0.3) is 0 Å². The van der Waals surface area contributed by atoms with E-state index in [0.29, 0.717) is 29.5 Å². The summed E-state index contributed by atoms with van der Waals surface area (Å²) in [4.78, 5) is 0.256. The molecule has 0 saturated heterocycles. The maximum atomic E-state index is 11.4. The number of benzene rings is 2. The Morgan fingerprint density at radius 3 is 2.24 bits per heavy atom. The number of nitrogens with two attached hydrogens (primary N) is 1. The van der Waals surface area contributed by atoms with Crippen LogP contribution in [0.2, 0.25) is 5.02 Å². The second-order valence-corrected chi connectivity index (χ2v) is 7.06. The molecule has 0 aromatic heterocycles. The highest BCUT2D eigenvalue weighted by atomic mass is 35.5. The first kappa shape index (κ1) is 15.8. The fourth-order valence-corrected chi connectivity index (χ4v) is 2.74. The molecular weight excluding hydrogens is 310 g/mol. The van der Waals surface area contributed by atoms with E-state index in [9.17, 15) is 8.42 Å². The summed E-state index contributed by atoms with van der Waals surface area (Å²) in [6, 6.07) is 11.6. The van der Waals surface area contributed by atoms with E-state index in [1.165, 1.54) is 18.4 Å². The first-order valence-corrected chi connectivity index (χ1v) is 8.63. The van der Waals surface area contributed by atoms with Crippen molar-refractivity contribution >= 4 is 21.4 Å². The van der Waals surface area contributed by atoms with E-state index in [-0.39, 0.29) is 4.90 Å². The van der Waals surface area contributed by atoms with Crippen molar-refractivity contribution < 1.29 is 13.2 Å². The van der Waals surface area contributed by atoms with E-state index in [1.807, 2.05) is 6.07 Å². The first-order valence-electron chi connectivity index (χ1n) is 6.36. The van der Waals surface area contributed by atoms with Crippen molar-refractivity contribution in [2.24, 2.45) is 5.73 Å². The van der Waals surface area contributed by atoms with Crippen molar-refractivity contribution in [1.29, 1.82) is 0 Å². The molecule has 112 valence electrons. The van der Waals surface area contributed by atoms with Gasteiger partial charge in [-0.15, -0.1) is 0 Å². The quantitative estimate of drug-likeness (QED) is 0.917. The van der Waals surface area contributed by atoms with Gasteiger partial charge in [-0.1, -0.05) is 17.7 Å². The third-order valence-electron chi connectivity index (χ3n) is 2.93. The third-order valence-corrected chi connectivity index (χ3v) is 4.41. The Morgan fingerprint density at radius 2 is 1.71 bits per heavy atom. The lowest BCUT2D eigenvalue weighted by Gasteiger charge is -2.09. The van der Waals surface area contributed by atoms with Gasteiger partial charge >= 0.3 is 0 Å². The Hall–Kier alpha value is -1.56. The largest absolute Gasteiger partial charge is 0.457 e. The normalized spacial score (nSPS) is 11.4. The molecular formula is C15H16ClNO3S. The molecule has 2 aromatic rings. The molecule has 0 aliphatic heterocycles. The number of rotatable bonds is 5. The summed E-state index contributed by atoms with van der Waals surface area (Å²) < 4.78 is 28.4. The van der Waals surface area contributed by atoms with Crippen molar-refractivity contribution in [3.8, 4) is 11.5 Å². The second-order valence-electron chi connectivity index (χ2n) is 4.64. The van der Waals surface area contributed by atoms with Crippen LogP contribution in [0.25, 0.3) is 0 Å². The zero-order chi connectivity index (χ0) is 15.5. The molecule has 6 heteroatoms. The molecule has 0 bridgehead atoms. The van der Waals surface area contributed by atoms with Crippen molar-refractivity contribution in [2.75, 3.05) is 12.8 Å². The Bertz CT molecular complexity index is 727. The van der Waals surface area contributed by atoms with E-state index in [1.54, 1.807) is 24.3 Å². The summed E-state index contributed by atoms with van der Waals surface area (Å²) in [5.41, 5.74) is 6.47. The number of halogens is 1. The molecule has 0 unspecified atom stereocenters. The molecule has 4 nitrogen and oxygen atoms in total. The fraction of sp³-hybridized carbons (Fsp3) is 0.200. The Morgan fingerprint density at radius 1 is 1.10 bits per heavy atom. The van der Waals surface area contributed by atoms with E-state index in [2.05, 4.69) is 0 Å². The summed E-state index contributed by atoms with van der Waals surface area (Å²) in [5.74, 6) is 1.14. The van der Waals surface area contributed by atoms with Crippen LogP contribution >= 0.6 is 11.6 Å². The molecule has 2 N–H and O–H groups in total. The van der Waals surface area contributed by atoms with Gasteiger partial charge in [0, 0.05) is 11.3 Å². The summed E-state index contributed by atoms with van der Waals surface area (Å²) >= 11 is 6.14. The molecule has 0 amide bonds. The van der Waals surface area contributed by atoms with Gasteiger partial charge in [-0.25, -0.2) is 8.42 Å². The summed E-state index contributed by atoms with van der Waals surface area (Å²) in [6.45, 7) is 0.535. The number of hydrogen-bond acceptors (Lipinski definition) is 4. The van der Waals surface area contributed by atoms with Crippen molar-refractivity contribution in [1.82, 2.24) is 0 Å². The Kier molecular flexibility index (Phi) is 4.88. The molecule has 0 atom stereocenters. The number of ether oxygens (including phenoxy) is 1. The lowest BCUT2D eigenvalue weighted by molar-refractivity contribution is 0.482. The Balaban J connectivity index is 2.17. The molecule has 0 aliphatic carbocycles. The summed E-state index contributed by atoms with van der Waals surface area (Å²) in [7, 11) is -3.20. The zero-order valence-corrected chi connectivity index (χ0v) is 13.1. The highest BCUT2D eigenvalue weighted by Crippen LogP contribution is 2.27. The molecule has 0 heterocycles. The third kappa shape index (κ3) is 4.20. The van der Waals surface area contributed by atoms with E-state index in [4.69, 9.17) is 22.1 Å². The molecule has 2 aromatic carbocycles. The van der Waals surface area contributed by atoms with Crippen LogP contribution in [0, 0.1) is 0 Å². The van der Waals surface area contributed by atoms with E-state index < -0.39 is 9.84 Å². The smallest absolute Gasteiger partial charge is 0.175 e. The summed E-state index contributed by atoms with van der Waals surface area (Å²) in [6.07, 6.45) is 1.88. The fourth-order valence-electron chi connectivity index (χ4n) is 1.84. The molecule has 0 fully saturated rings. The van der Waals surface area contributed by atoms with Crippen LogP contribution in [-0.4, -0.2) is 21.2 Å². The van der Waals surface area contributed by atoms with E-state index >= 15 is 0 Å². The van der Waals surface area contributed by atoms with Crippen LogP contribution in [0.4, 0.5) is 0 Å². The molecule has 0 aliphatic rings. The van der Waals surface area contributed by atoms with Crippen LogP contribution in [0.5, 0.6) is 11.5 Å². The number of hydrogen-bond donors (Lipinski definition) is 1. The first-order chi connectivity index (χ1) is 9.90. The zero-order valence-electron chi connectivity index (χ0n) is 11.5. The minimum absolute atomic E-state index is 0.256. The summed E-state index contributed by atoms with van der Waals surface area (Å²) in [5, 5.41) is 0.603. The lowest BCUT2D eigenvalue weighted by atomic mass is 10.1. The van der Waals surface area contributed by atoms with Gasteiger partial charge in [-0.05, 0) is 54.9 Å².